The van der Waals surface area contributed by atoms with Gasteiger partial charge >= 0.3 is 161 Å². The number of alkyl halides is 3. The van der Waals surface area contributed by atoms with Gasteiger partial charge in [0.05, 0.1) is 0 Å². The van der Waals surface area contributed by atoms with Gasteiger partial charge in [-0.05, 0) is 0 Å². The molecule has 2 unspecified atom stereocenters. The summed E-state index contributed by atoms with van der Waals surface area (Å²) in [6.07, 6.45) is 5.37. The molecule has 3 fully saturated rings. The molecule has 0 bridgehead atoms. The average molecular weight is 475 g/mol. The fraction of sp³-hybridized carbons (Fsp3) is 0.650. The van der Waals surface area contributed by atoms with Crippen LogP contribution in [0.2, 0.25) is 0 Å². The molecule has 29 heavy (non-hydrogen) atoms. The van der Waals surface area contributed by atoms with Crippen molar-refractivity contribution in [3.05, 3.63) is 24.0 Å². The van der Waals surface area contributed by atoms with Crippen molar-refractivity contribution in [2.45, 2.75) is 50.3 Å². The van der Waals surface area contributed by atoms with Gasteiger partial charge < -0.3 is 0 Å². The summed E-state index contributed by atoms with van der Waals surface area (Å²) >= 11 is -1.57. The van der Waals surface area contributed by atoms with Crippen LogP contribution >= 0.6 is 0 Å². The zero-order valence-electron chi connectivity index (χ0n) is 16.9. The minimum absolute atomic E-state index is 0.0451. The number of nitrogens with one attached hydrogen (secondary N) is 1. The molecule has 4 heterocycles. The minimum atomic E-state index is -4.17. The molecule has 2 aromatic rings. The molecule has 5 nitrogen and oxygen atoms in total. The van der Waals surface area contributed by atoms with Gasteiger partial charge in [-0.1, -0.05) is 13.8 Å². The molecule has 0 spiro atoms. The zero-order valence-corrected chi connectivity index (χ0v) is 18.6. The van der Waals surface area contributed by atoms with E-state index in [-0.39, 0.29) is 5.54 Å². The van der Waals surface area contributed by atoms with Crippen molar-refractivity contribution in [1.82, 2.24) is 14.3 Å². The molecular formula is C20H27F3N4OSe. The molecule has 2 aliphatic heterocycles. The second-order valence-electron chi connectivity index (χ2n) is 7.83. The van der Waals surface area contributed by atoms with Crippen molar-refractivity contribution in [3.8, 4) is 0 Å². The summed E-state index contributed by atoms with van der Waals surface area (Å²) in [5.74, 6) is 1.27. The normalized spacial score (nSPS) is 27.0. The van der Waals surface area contributed by atoms with Gasteiger partial charge in [-0.3, -0.25) is 0 Å². The van der Waals surface area contributed by atoms with Crippen molar-refractivity contribution in [2.75, 3.05) is 31.6 Å². The standard InChI is InChI=1S/C18H21F3N4OSe.C2H6/c1-11-6-14-15(22-3-5-25(14)16(11)27-18(19,20)21)23-17-2-4-24(8-12(17)7-17)13-9-26-10-13;1-2/h3,5-6,12-13H,2,4,7-10H2,1H3,(H,22,23);1-2H3. The van der Waals surface area contributed by atoms with Crippen LogP contribution in [0.3, 0.4) is 0 Å². The molecular weight excluding hydrogens is 448 g/mol. The molecule has 0 aromatic carbocycles. The van der Waals surface area contributed by atoms with E-state index in [2.05, 4.69) is 15.2 Å². The summed E-state index contributed by atoms with van der Waals surface area (Å²) in [7, 11) is 0. The van der Waals surface area contributed by atoms with Gasteiger partial charge in [0, 0.05) is 0 Å². The van der Waals surface area contributed by atoms with E-state index in [9.17, 15) is 13.2 Å². The Morgan fingerprint density at radius 2 is 2.07 bits per heavy atom. The number of piperidine rings is 1. The van der Waals surface area contributed by atoms with E-state index in [1.807, 2.05) is 19.9 Å². The molecule has 2 aromatic heterocycles. The van der Waals surface area contributed by atoms with Crippen LogP contribution in [0.15, 0.2) is 18.5 Å². The van der Waals surface area contributed by atoms with Crippen molar-refractivity contribution >= 4 is 30.9 Å². The van der Waals surface area contributed by atoms with E-state index >= 15 is 0 Å². The van der Waals surface area contributed by atoms with Gasteiger partial charge in [0.1, 0.15) is 0 Å². The summed E-state index contributed by atoms with van der Waals surface area (Å²) < 4.78 is 46.2. The van der Waals surface area contributed by atoms with Gasteiger partial charge in [0.25, 0.3) is 0 Å². The first-order valence-electron chi connectivity index (χ1n) is 10.2. The second-order valence-corrected chi connectivity index (χ2v) is 10.0. The number of hydrogen-bond acceptors (Lipinski definition) is 4. The van der Waals surface area contributed by atoms with E-state index < -0.39 is 20.0 Å². The second kappa shape index (κ2) is 7.76. The van der Waals surface area contributed by atoms with E-state index in [1.54, 1.807) is 23.7 Å². The topological polar surface area (TPSA) is 41.8 Å². The fourth-order valence-electron chi connectivity index (χ4n) is 4.40. The molecule has 0 amide bonds. The van der Waals surface area contributed by atoms with Crippen molar-refractivity contribution in [3.63, 3.8) is 0 Å². The summed E-state index contributed by atoms with van der Waals surface area (Å²) in [6, 6.07) is 2.39. The number of aryl methyl sites for hydroxylation is 1. The third-order valence-corrected chi connectivity index (χ3v) is 8.06. The first-order valence-corrected chi connectivity index (χ1v) is 11.9. The summed E-state index contributed by atoms with van der Waals surface area (Å²) in [5.41, 5.74) is 1.46. The van der Waals surface area contributed by atoms with Crippen molar-refractivity contribution < 1.29 is 17.9 Å². The van der Waals surface area contributed by atoms with Crippen LogP contribution in [0, 0.1) is 12.8 Å². The Morgan fingerprint density at radius 1 is 1.31 bits per heavy atom. The Labute approximate surface area is 175 Å². The van der Waals surface area contributed by atoms with Crippen LogP contribution in [-0.2, 0) is 4.74 Å². The zero-order chi connectivity index (χ0) is 20.8. The van der Waals surface area contributed by atoms with E-state index in [0.29, 0.717) is 27.9 Å². The number of aromatic nitrogens is 2. The fourth-order valence-corrected chi connectivity index (χ4v) is 5.87. The SMILES string of the molecule is CC.Cc1cc2c(NC34CCN(C5COC5)CC3C4)nccn2c1[Se]C(F)(F)F. The summed E-state index contributed by atoms with van der Waals surface area (Å²) in [4.78, 5) is 6.98. The third kappa shape index (κ3) is 4.02. The van der Waals surface area contributed by atoms with Crippen LogP contribution < -0.4 is 9.91 Å². The van der Waals surface area contributed by atoms with E-state index in [4.69, 9.17) is 4.74 Å². The molecule has 3 aliphatic rings. The number of fused-ring (bicyclic) bond motifs is 2. The number of hydrogen-bond donors (Lipinski definition) is 1. The molecule has 9 heteroatoms. The van der Waals surface area contributed by atoms with Gasteiger partial charge in [0.2, 0.25) is 0 Å². The Morgan fingerprint density at radius 3 is 2.69 bits per heavy atom. The summed E-state index contributed by atoms with van der Waals surface area (Å²) in [6.45, 7) is 9.51. The number of nitrogens with zero attached hydrogens (tertiary/aromatic N) is 3. The van der Waals surface area contributed by atoms with Crippen LogP contribution in [0.4, 0.5) is 19.0 Å². The number of rotatable bonds is 4. The summed E-state index contributed by atoms with van der Waals surface area (Å²) in [5, 5.41) is -0.556. The quantitative estimate of drug-likeness (QED) is 0.691. The molecule has 1 aliphatic carbocycles. The van der Waals surface area contributed by atoms with Crippen LogP contribution in [0.25, 0.3) is 5.52 Å². The van der Waals surface area contributed by atoms with Crippen molar-refractivity contribution in [1.29, 1.82) is 0 Å². The molecule has 0 radical (unpaired) electrons. The Kier molecular flexibility index (Phi) is 5.61. The predicted octanol–water partition coefficient (Wildman–Crippen LogP) is 2.79. The Bertz CT molecular complexity index is 882. The number of anilines is 1. The average Bonchev–Trinajstić information content (AvgIpc) is 3.25. The van der Waals surface area contributed by atoms with Crippen LogP contribution in [0.1, 0.15) is 32.3 Å². The van der Waals surface area contributed by atoms with Gasteiger partial charge in [-0.15, -0.1) is 0 Å². The number of halogens is 3. The third-order valence-electron chi connectivity index (χ3n) is 6.08. The molecule has 1 N–H and O–H groups in total. The van der Waals surface area contributed by atoms with Crippen LogP contribution in [0.5, 0.6) is 0 Å². The van der Waals surface area contributed by atoms with Gasteiger partial charge in [-0.25, -0.2) is 0 Å². The van der Waals surface area contributed by atoms with Gasteiger partial charge in [-0.2, -0.15) is 0 Å². The Balaban J connectivity index is 0.000000994. The Hall–Kier alpha value is -1.28. The first-order chi connectivity index (χ1) is 13.8. The van der Waals surface area contributed by atoms with Crippen molar-refractivity contribution in [2.24, 2.45) is 5.92 Å². The predicted molar refractivity (Wildman–Crippen MR) is 108 cm³/mol. The first kappa shape index (κ1) is 21.0. The molecule has 1 saturated carbocycles. The molecule has 5 rings (SSSR count). The molecule has 2 saturated heterocycles. The maximum absolute atomic E-state index is 13.0. The molecule has 2 atom stereocenters. The van der Waals surface area contributed by atoms with E-state index in [1.165, 1.54) is 0 Å². The number of likely N-dealkylation sites (tertiary alicyclic amines) is 1. The number of ether oxygens (including phenoxy) is 1. The monoisotopic (exact) mass is 476 g/mol. The maximum atomic E-state index is 13.0. The molecule has 160 valence electrons. The van der Waals surface area contributed by atoms with E-state index in [0.717, 1.165) is 44.7 Å². The van der Waals surface area contributed by atoms with Gasteiger partial charge in [0.15, 0.2) is 0 Å². The van der Waals surface area contributed by atoms with Crippen LogP contribution in [-0.4, -0.2) is 72.2 Å².